The van der Waals surface area contributed by atoms with Crippen LogP contribution in [-0.4, -0.2) is 40.8 Å². The van der Waals surface area contributed by atoms with Gasteiger partial charge in [0.2, 0.25) is 0 Å². The third-order valence-corrected chi connectivity index (χ3v) is 2.68. The Balaban J connectivity index is 2.16. The number of nitrogens with one attached hydrogen (secondary N) is 2. The van der Waals surface area contributed by atoms with Crippen LogP contribution in [0.25, 0.3) is 0 Å². The minimum Gasteiger partial charge on any atom is -0.480 e. The van der Waals surface area contributed by atoms with Crippen molar-refractivity contribution in [3.8, 4) is 0 Å². The Bertz CT molecular complexity index is 495. The maximum Gasteiger partial charge on any atom is 0.328 e. The Kier molecular flexibility index (Phi) is 3.61. The summed E-state index contributed by atoms with van der Waals surface area (Å²) in [6, 6.07) is 0.327. The molecule has 0 amide bonds. The molecule has 0 aromatic carbocycles. The van der Waals surface area contributed by atoms with E-state index >= 15 is 0 Å². The lowest BCUT2D eigenvalue weighted by atomic mass is 10.3. The Morgan fingerprint density at radius 2 is 2.44 bits per heavy atom. The van der Waals surface area contributed by atoms with Crippen molar-refractivity contribution in [1.82, 2.24) is 9.97 Å². The number of hydrogen-bond acceptors (Lipinski definition) is 5. The lowest BCUT2D eigenvalue weighted by Gasteiger charge is -2.14. The van der Waals surface area contributed by atoms with Crippen molar-refractivity contribution < 1.29 is 14.6 Å². The topological polar surface area (TPSA) is 104 Å². The number of methoxy groups -OCH3 is 1. The van der Waals surface area contributed by atoms with Gasteiger partial charge >= 0.3 is 5.97 Å². The van der Waals surface area contributed by atoms with Gasteiger partial charge in [-0.2, -0.15) is 0 Å². The Labute approximate surface area is 103 Å². The number of hydrogen-bond donors (Lipinski definition) is 3. The molecule has 1 unspecified atom stereocenters. The maximum absolute atomic E-state index is 11.4. The number of carboxylic acids is 1. The summed E-state index contributed by atoms with van der Waals surface area (Å²) in [6.45, 7) is 0.00255. The smallest absolute Gasteiger partial charge is 0.328 e. The lowest BCUT2D eigenvalue weighted by Crippen LogP contribution is -2.34. The monoisotopic (exact) mass is 253 g/mol. The van der Waals surface area contributed by atoms with Crippen LogP contribution in [0.2, 0.25) is 0 Å². The third kappa shape index (κ3) is 3.07. The van der Waals surface area contributed by atoms with Gasteiger partial charge in [0, 0.05) is 19.1 Å². The fraction of sp³-hybridized carbons (Fsp3) is 0.545. The summed E-state index contributed by atoms with van der Waals surface area (Å²) >= 11 is 0. The van der Waals surface area contributed by atoms with E-state index < -0.39 is 12.0 Å². The van der Waals surface area contributed by atoms with Crippen LogP contribution < -0.4 is 10.9 Å². The molecule has 7 heteroatoms. The molecule has 0 spiro atoms. The number of ether oxygens (including phenoxy) is 1. The normalized spacial score (nSPS) is 16.3. The van der Waals surface area contributed by atoms with E-state index in [1.54, 1.807) is 0 Å². The van der Waals surface area contributed by atoms with Crippen molar-refractivity contribution in [2.75, 3.05) is 19.0 Å². The predicted octanol–water partition coefficient (Wildman–Crippen LogP) is 0.159. The molecule has 1 fully saturated rings. The first-order valence-corrected chi connectivity index (χ1v) is 5.69. The van der Waals surface area contributed by atoms with Gasteiger partial charge in [-0.05, 0) is 12.8 Å². The first kappa shape index (κ1) is 12.6. The maximum atomic E-state index is 11.4. The highest BCUT2D eigenvalue weighted by molar-refractivity contribution is 5.77. The van der Waals surface area contributed by atoms with Gasteiger partial charge in [-0.1, -0.05) is 0 Å². The molecule has 1 aromatic heterocycles. The Hall–Kier alpha value is -1.89. The van der Waals surface area contributed by atoms with E-state index in [4.69, 9.17) is 9.84 Å². The molecule has 18 heavy (non-hydrogen) atoms. The molecule has 1 aliphatic carbocycles. The van der Waals surface area contributed by atoms with Crippen LogP contribution in [0.15, 0.2) is 10.9 Å². The summed E-state index contributed by atoms with van der Waals surface area (Å²) in [7, 11) is 1.42. The summed E-state index contributed by atoms with van der Waals surface area (Å²) in [6.07, 6.45) is 2.01. The quantitative estimate of drug-likeness (QED) is 0.667. The van der Waals surface area contributed by atoms with E-state index in [0.717, 1.165) is 12.8 Å². The van der Waals surface area contributed by atoms with Crippen LogP contribution in [0.5, 0.6) is 0 Å². The van der Waals surface area contributed by atoms with Gasteiger partial charge < -0.3 is 20.1 Å². The van der Waals surface area contributed by atoms with Gasteiger partial charge in [0.15, 0.2) is 0 Å². The number of anilines is 1. The Morgan fingerprint density at radius 1 is 1.72 bits per heavy atom. The second-order valence-corrected chi connectivity index (χ2v) is 4.28. The van der Waals surface area contributed by atoms with Crippen molar-refractivity contribution in [2.45, 2.75) is 24.8 Å². The molecule has 0 aliphatic heterocycles. The molecule has 98 valence electrons. The van der Waals surface area contributed by atoms with Crippen LogP contribution in [-0.2, 0) is 9.53 Å². The number of carboxylic acid groups (broad SMARTS) is 1. The number of aromatic nitrogens is 2. The highest BCUT2D eigenvalue weighted by Crippen LogP contribution is 2.37. The van der Waals surface area contributed by atoms with Crippen LogP contribution in [0.3, 0.4) is 0 Å². The highest BCUT2D eigenvalue weighted by Gasteiger charge is 2.27. The zero-order valence-corrected chi connectivity index (χ0v) is 9.97. The molecule has 1 heterocycles. The van der Waals surface area contributed by atoms with E-state index in [1.807, 2.05) is 0 Å². The largest absolute Gasteiger partial charge is 0.480 e. The number of aliphatic carboxylic acids is 1. The summed E-state index contributed by atoms with van der Waals surface area (Å²) in [5.74, 6) is 0.133. The van der Waals surface area contributed by atoms with Gasteiger partial charge in [-0.25, -0.2) is 9.78 Å². The summed E-state index contributed by atoms with van der Waals surface area (Å²) in [5, 5.41) is 11.7. The summed E-state index contributed by atoms with van der Waals surface area (Å²) in [4.78, 5) is 29.3. The van der Waals surface area contributed by atoms with E-state index in [2.05, 4.69) is 15.3 Å². The molecule has 1 atom stereocenters. The van der Waals surface area contributed by atoms with Crippen molar-refractivity contribution in [3.05, 3.63) is 22.2 Å². The molecular weight excluding hydrogens is 238 g/mol. The van der Waals surface area contributed by atoms with Gasteiger partial charge in [-0.15, -0.1) is 0 Å². The fourth-order valence-electron chi connectivity index (χ4n) is 1.62. The van der Waals surface area contributed by atoms with E-state index in [1.165, 1.54) is 13.2 Å². The SMILES string of the molecule is COCC(Nc1cc(=O)[nH]c(C2CC2)n1)C(=O)O. The molecular formula is C11H15N3O4. The van der Waals surface area contributed by atoms with Crippen molar-refractivity contribution >= 4 is 11.8 Å². The van der Waals surface area contributed by atoms with E-state index in [0.29, 0.717) is 11.7 Å². The second kappa shape index (κ2) is 5.18. The van der Waals surface area contributed by atoms with Crippen LogP contribution in [0, 0.1) is 0 Å². The number of rotatable bonds is 6. The fourth-order valence-corrected chi connectivity index (χ4v) is 1.62. The lowest BCUT2D eigenvalue weighted by molar-refractivity contribution is -0.139. The third-order valence-electron chi connectivity index (χ3n) is 2.68. The summed E-state index contributed by atoms with van der Waals surface area (Å²) in [5.41, 5.74) is -0.282. The molecule has 1 saturated carbocycles. The first-order chi connectivity index (χ1) is 8.60. The predicted molar refractivity (Wildman–Crippen MR) is 63.8 cm³/mol. The molecule has 7 nitrogen and oxygen atoms in total. The van der Waals surface area contributed by atoms with Gasteiger partial charge in [0.1, 0.15) is 17.7 Å². The number of nitrogens with zero attached hydrogens (tertiary/aromatic N) is 1. The molecule has 0 bridgehead atoms. The van der Waals surface area contributed by atoms with Crippen LogP contribution >= 0.6 is 0 Å². The Morgan fingerprint density at radius 3 is 3.00 bits per heavy atom. The number of aromatic amines is 1. The van der Waals surface area contributed by atoms with Crippen molar-refractivity contribution in [2.24, 2.45) is 0 Å². The first-order valence-electron chi connectivity index (χ1n) is 5.69. The van der Waals surface area contributed by atoms with E-state index in [9.17, 15) is 9.59 Å². The van der Waals surface area contributed by atoms with Crippen molar-refractivity contribution in [3.63, 3.8) is 0 Å². The molecule has 3 N–H and O–H groups in total. The van der Waals surface area contributed by atoms with Crippen molar-refractivity contribution in [1.29, 1.82) is 0 Å². The van der Waals surface area contributed by atoms with Gasteiger partial charge in [0.25, 0.3) is 5.56 Å². The molecule has 1 aromatic rings. The summed E-state index contributed by atoms with van der Waals surface area (Å²) < 4.78 is 4.80. The van der Waals surface area contributed by atoms with E-state index in [-0.39, 0.29) is 18.0 Å². The standard InChI is InChI=1S/C11H15N3O4/c1-18-5-7(11(16)17)12-8-4-9(15)14-10(13-8)6-2-3-6/h4,6-7H,2-3,5H2,1H3,(H,16,17)(H2,12,13,14,15). The second-order valence-electron chi connectivity index (χ2n) is 4.28. The number of H-pyrrole nitrogens is 1. The van der Waals surface area contributed by atoms with Crippen LogP contribution in [0.1, 0.15) is 24.6 Å². The minimum absolute atomic E-state index is 0.00255. The average Bonchev–Trinajstić information content (AvgIpc) is 3.11. The molecule has 0 saturated heterocycles. The number of carbonyl (C=O) groups is 1. The van der Waals surface area contributed by atoms with Crippen LogP contribution in [0.4, 0.5) is 5.82 Å². The highest BCUT2D eigenvalue weighted by atomic mass is 16.5. The molecule has 2 rings (SSSR count). The van der Waals surface area contributed by atoms with Gasteiger partial charge in [-0.3, -0.25) is 4.79 Å². The average molecular weight is 253 g/mol. The van der Waals surface area contributed by atoms with Gasteiger partial charge in [0.05, 0.1) is 6.61 Å². The molecule has 1 aliphatic rings. The zero-order chi connectivity index (χ0) is 13.1. The molecule has 0 radical (unpaired) electrons. The minimum atomic E-state index is -1.05. The zero-order valence-electron chi connectivity index (χ0n) is 9.97.